The van der Waals surface area contributed by atoms with E-state index in [1.807, 2.05) is 30.3 Å². The van der Waals surface area contributed by atoms with Crippen LogP contribution in [-0.4, -0.2) is 25.8 Å². The molecule has 0 fully saturated rings. The number of benzene rings is 3. The van der Waals surface area contributed by atoms with E-state index >= 15 is 0 Å². The number of rotatable bonds is 11. The first-order valence-electron chi connectivity index (χ1n) is 10.7. The van der Waals surface area contributed by atoms with Crippen molar-refractivity contribution in [3.63, 3.8) is 0 Å². The number of oxime groups is 1. The third kappa shape index (κ3) is 7.28. The molecule has 0 aliphatic rings. The van der Waals surface area contributed by atoms with E-state index in [1.54, 1.807) is 48.5 Å². The molecule has 3 aromatic rings. The van der Waals surface area contributed by atoms with Crippen LogP contribution < -0.4 is 15.5 Å². The molecule has 0 aromatic heterocycles. The van der Waals surface area contributed by atoms with Crippen LogP contribution in [0.1, 0.15) is 22.3 Å². The maximum Gasteiger partial charge on any atom is 0.278 e. The van der Waals surface area contributed by atoms with Gasteiger partial charge < -0.3 is 14.9 Å². The third-order valence-corrected chi connectivity index (χ3v) is 4.80. The standard InChI is InChI=1S/C27H26FN3O4/c1-19(21-13-9-14-23(17-21)35-25(28)16-20-10-5-4-6-11-20)30-34-18-22-12-7-8-15-24(22)26(31-33-3)27(32)29-2/h4-17,30H,1,18H2,2-3H3,(H,29,32). The van der Waals surface area contributed by atoms with Crippen molar-refractivity contribution in [2.45, 2.75) is 6.61 Å². The molecule has 0 aliphatic carbocycles. The summed E-state index contributed by atoms with van der Waals surface area (Å²) in [6.07, 6.45) is 1.31. The molecule has 7 nitrogen and oxygen atoms in total. The highest BCUT2D eigenvalue weighted by Crippen LogP contribution is 2.21. The van der Waals surface area contributed by atoms with Gasteiger partial charge in [0.15, 0.2) is 5.71 Å². The van der Waals surface area contributed by atoms with Gasteiger partial charge in [-0.05, 0) is 23.3 Å². The second kappa shape index (κ2) is 12.7. The van der Waals surface area contributed by atoms with Gasteiger partial charge in [-0.1, -0.05) is 78.5 Å². The fourth-order valence-electron chi connectivity index (χ4n) is 3.13. The molecule has 180 valence electrons. The third-order valence-electron chi connectivity index (χ3n) is 4.80. The number of nitrogens with zero attached hydrogens (tertiary/aromatic N) is 1. The Hall–Kier alpha value is -4.43. The predicted octanol–water partition coefficient (Wildman–Crippen LogP) is 4.82. The fraction of sp³-hybridized carbons (Fsp3) is 0.111. The van der Waals surface area contributed by atoms with E-state index in [4.69, 9.17) is 14.4 Å². The van der Waals surface area contributed by atoms with E-state index in [0.717, 1.165) is 0 Å². The molecule has 0 spiro atoms. The van der Waals surface area contributed by atoms with Crippen LogP contribution in [0.4, 0.5) is 4.39 Å². The van der Waals surface area contributed by atoms with E-state index in [1.165, 1.54) is 20.2 Å². The minimum atomic E-state index is -0.732. The van der Waals surface area contributed by atoms with Crippen molar-refractivity contribution in [1.29, 1.82) is 0 Å². The van der Waals surface area contributed by atoms with Gasteiger partial charge in [0, 0.05) is 24.3 Å². The molecule has 0 heterocycles. The van der Waals surface area contributed by atoms with Crippen LogP contribution in [0.5, 0.6) is 5.75 Å². The van der Waals surface area contributed by atoms with Gasteiger partial charge in [-0.25, -0.2) is 0 Å². The molecule has 3 aromatic carbocycles. The SMILES string of the molecule is C=C(NOCc1ccccc1C(=NOC)C(=O)NC)c1cccc(OC(F)=Cc2ccccc2)c1. The number of nitrogens with one attached hydrogen (secondary N) is 2. The second-order valence-electron chi connectivity index (χ2n) is 7.22. The summed E-state index contributed by atoms with van der Waals surface area (Å²) in [4.78, 5) is 22.6. The summed E-state index contributed by atoms with van der Waals surface area (Å²) in [7, 11) is 2.88. The van der Waals surface area contributed by atoms with E-state index in [0.29, 0.717) is 33.7 Å². The van der Waals surface area contributed by atoms with Gasteiger partial charge >= 0.3 is 0 Å². The first kappa shape index (κ1) is 25.2. The highest BCUT2D eigenvalue weighted by molar-refractivity contribution is 6.45. The summed E-state index contributed by atoms with van der Waals surface area (Å²) >= 11 is 0. The van der Waals surface area contributed by atoms with Crippen molar-refractivity contribution in [3.05, 3.63) is 114 Å². The highest BCUT2D eigenvalue weighted by atomic mass is 19.1. The molecule has 0 saturated carbocycles. The molecule has 2 N–H and O–H groups in total. The molecule has 35 heavy (non-hydrogen) atoms. The van der Waals surface area contributed by atoms with Crippen LogP contribution in [0.15, 0.2) is 96.6 Å². The predicted molar refractivity (Wildman–Crippen MR) is 134 cm³/mol. The Labute approximate surface area is 203 Å². The Kier molecular flexibility index (Phi) is 9.15. The lowest BCUT2D eigenvalue weighted by atomic mass is 10.0. The molecular weight excluding hydrogens is 449 g/mol. The molecule has 3 rings (SSSR count). The summed E-state index contributed by atoms with van der Waals surface area (Å²) in [5, 5.41) is 6.38. The highest BCUT2D eigenvalue weighted by Gasteiger charge is 2.17. The number of carbonyl (C=O) groups excluding carboxylic acids is 1. The molecule has 0 radical (unpaired) electrons. The Morgan fingerprint density at radius 1 is 1.06 bits per heavy atom. The summed E-state index contributed by atoms with van der Waals surface area (Å²) in [5.41, 5.74) is 5.96. The summed E-state index contributed by atoms with van der Waals surface area (Å²) < 4.78 is 19.6. The fourth-order valence-corrected chi connectivity index (χ4v) is 3.13. The van der Waals surface area contributed by atoms with Crippen LogP contribution in [-0.2, 0) is 21.1 Å². The largest absolute Gasteiger partial charge is 0.432 e. The lowest BCUT2D eigenvalue weighted by Crippen LogP contribution is -2.29. The van der Waals surface area contributed by atoms with Gasteiger partial charge in [-0.2, -0.15) is 4.39 Å². The quantitative estimate of drug-likeness (QED) is 0.236. The zero-order chi connectivity index (χ0) is 25.0. The number of halogens is 1. The molecule has 0 aliphatic heterocycles. The van der Waals surface area contributed by atoms with Gasteiger partial charge in [0.2, 0.25) is 0 Å². The molecule has 0 saturated heterocycles. The van der Waals surface area contributed by atoms with Crippen molar-refractivity contribution in [1.82, 2.24) is 10.8 Å². The maximum absolute atomic E-state index is 14.3. The Morgan fingerprint density at radius 2 is 1.80 bits per heavy atom. The van der Waals surface area contributed by atoms with Crippen LogP contribution >= 0.6 is 0 Å². The van der Waals surface area contributed by atoms with E-state index in [9.17, 15) is 9.18 Å². The Balaban J connectivity index is 1.64. The number of hydroxylamine groups is 1. The number of hydrogen-bond donors (Lipinski definition) is 2. The molecule has 1 amide bonds. The minimum Gasteiger partial charge on any atom is -0.432 e. The molecular formula is C27H26FN3O4. The molecule has 0 atom stereocenters. The second-order valence-corrected chi connectivity index (χ2v) is 7.22. The van der Waals surface area contributed by atoms with Crippen molar-refractivity contribution in [3.8, 4) is 5.75 Å². The lowest BCUT2D eigenvalue weighted by Gasteiger charge is -2.14. The molecule has 0 unspecified atom stereocenters. The number of carbonyl (C=O) groups is 1. The number of likely N-dealkylation sites (N-methyl/N-ethyl adjacent to an activating group) is 1. The average molecular weight is 476 g/mol. The van der Waals surface area contributed by atoms with Crippen molar-refractivity contribution >= 4 is 23.4 Å². The van der Waals surface area contributed by atoms with Crippen molar-refractivity contribution in [2.24, 2.45) is 5.16 Å². The Bertz CT molecular complexity index is 1230. The van der Waals surface area contributed by atoms with Crippen LogP contribution in [0.25, 0.3) is 11.8 Å². The van der Waals surface area contributed by atoms with Crippen molar-refractivity contribution < 1.29 is 23.6 Å². The topological polar surface area (TPSA) is 81.2 Å². The lowest BCUT2D eigenvalue weighted by molar-refractivity contribution is -0.114. The first-order valence-corrected chi connectivity index (χ1v) is 10.7. The normalized spacial score (nSPS) is 11.5. The molecule has 8 heteroatoms. The maximum atomic E-state index is 14.3. The smallest absolute Gasteiger partial charge is 0.278 e. The van der Waals surface area contributed by atoms with Gasteiger partial charge in [0.1, 0.15) is 19.5 Å². The zero-order valence-corrected chi connectivity index (χ0v) is 19.5. The van der Waals surface area contributed by atoms with Crippen molar-refractivity contribution in [2.75, 3.05) is 14.2 Å². The summed E-state index contributed by atoms with van der Waals surface area (Å²) in [6.45, 7) is 4.08. The van der Waals surface area contributed by atoms with Gasteiger partial charge in [0.25, 0.3) is 11.9 Å². The summed E-state index contributed by atoms with van der Waals surface area (Å²) in [6, 6.07) is 22.3. The zero-order valence-electron chi connectivity index (χ0n) is 19.5. The van der Waals surface area contributed by atoms with E-state index < -0.39 is 6.01 Å². The van der Waals surface area contributed by atoms with E-state index in [-0.39, 0.29) is 18.2 Å². The summed E-state index contributed by atoms with van der Waals surface area (Å²) in [5.74, 6) is -0.0755. The number of amides is 1. The number of ether oxygens (including phenoxy) is 1. The monoisotopic (exact) mass is 475 g/mol. The molecule has 0 bridgehead atoms. The van der Waals surface area contributed by atoms with Crippen LogP contribution in [0.3, 0.4) is 0 Å². The van der Waals surface area contributed by atoms with Gasteiger partial charge in [-0.3, -0.25) is 15.1 Å². The van der Waals surface area contributed by atoms with Gasteiger partial charge in [-0.15, -0.1) is 0 Å². The first-order chi connectivity index (χ1) is 17.0. The Morgan fingerprint density at radius 3 is 2.54 bits per heavy atom. The minimum absolute atomic E-state index is 0.111. The average Bonchev–Trinajstić information content (AvgIpc) is 2.88. The van der Waals surface area contributed by atoms with E-state index in [2.05, 4.69) is 22.5 Å². The van der Waals surface area contributed by atoms with Crippen LogP contribution in [0.2, 0.25) is 0 Å². The van der Waals surface area contributed by atoms with Gasteiger partial charge in [0.05, 0.1) is 5.70 Å². The van der Waals surface area contributed by atoms with Crippen LogP contribution in [0, 0.1) is 0 Å². The number of hydrogen-bond acceptors (Lipinski definition) is 6.